The molecule has 2 aliphatic rings. The van der Waals surface area contributed by atoms with E-state index in [0.717, 1.165) is 13.0 Å². The van der Waals surface area contributed by atoms with Crippen LogP contribution >= 0.6 is 0 Å². The molecular weight excluding hydrogens is 801 g/mol. The third kappa shape index (κ3) is 13.9. The highest BCUT2D eigenvalue weighted by Crippen LogP contribution is 2.24. The summed E-state index contributed by atoms with van der Waals surface area (Å²) in [6, 6.07) is -6.59. The minimum Gasteiger partial charge on any atom is -0.345 e. The van der Waals surface area contributed by atoms with Crippen molar-refractivity contribution in [3.05, 3.63) is 0 Å². The van der Waals surface area contributed by atoms with E-state index in [2.05, 4.69) is 16.0 Å². The van der Waals surface area contributed by atoms with Crippen LogP contribution in [0.4, 0.5) is 0 Å². The maximum atomic E-state index is 13.8. The minimum absolute atomic E-state index is 0.119. The van der Waals surface area contributed by atoms with Crippen LogP contribution in [0.2, 0.25) is 0 Å². The second-order valence-corrected chi connectivity index (χ2v) is 18.0. The number of likely N-dealkylation sites (N-methyl/N-ethyl adjacent to an activating group) is 4. The summed E-state index contributed by atoms with van der Waals surface area (Å²) in [7, 11) is 5.91. The molecule has 7 amide bonds. The number of rotatable bonds is 22. The van der Waals surface area contributed by atoms with Gasteiger partial charge in [-0.2, -0.15) is 0 Å². The van der Waals surface area contributed by atoms with Crippen molar-refractivity contribution >= 4 is 58.7 Å². The molecule has 0 aromatic rings. The number of likely N-dealkylation sites (tertiary alicyclic amines) is 1. The molecule has 2 aliphatic heterocycles. The third-order valence-corrected chi connectivity index (χ3v) is 12.7. The Morgan fingerprint density at radius 1 is 0.613 bits per heavy atom. The van der Waals surface area contributed by atoms with Gasteiger partial charge in [-0.05, 0) is 86.1 Å². The van der Waals surface area contributed by atoms with E-state index in [1.807, 2.05) is 13.8 Å². The SMILES string of the molecule is CC(=O)[C@H](CC(C)C)NC(=O)[C@H](C)N(C)C(=O)C(C)NC(=O)C(C)N(C)C(=O)[C@H]1CCCN1C(=O)[C@H](C)CC(=O)[C@H](C)N(C)C(=O)C(C)CC(=O)C(C)N(C)C(=O)[C@H]1CCCN1. The summed E-state index contributed by atoms with van der Waals surface area (Å²) in [6.07, 6.45) is 2.58. The number of nitrogens with zero attached hydrogens (tertiary/aromatic N) is 5. The van der Waals surface area contributed by atoms with Crippen molar-refractivity contribution in [3.8, 4) is 0 Å². The summed E-state index contributed by atoms with van der Waals surface area (Å²) >= 11 is 0. The van der Waals surface area contributed by atoms with Crippen LogP contribution in [-0.4, -0.2) is 173 Å². The zero-order valence-electron chi connectivity index (χ0n) is 39.5. The summed E-state index contributed by atoms with van der Waals surface area (Å²) in [6.45, 7) is 17.1. The highest BCUT2D eigenvalue weighted by atomic mass is 16.2. The first-order valence-electron chi connectivity index (χ1n) is 22.0. The van der Waals surface area contributed by atoms with Crippen LogP contribution in [0.15, 0.2) is 0 Å². The van der Waals surface area contributed by atoms with Crippen LogP contribution in [0.1, 0.15) is 114 Å². The van der Waals surface area contributed by atoms with Crippen LogP contribution in [0.5, 0.6) is 0 Å². The number of amides is 7. The Labute approximate surface area is 367 Å². The Morgan fingerprint density at radius 3 is 1.65 bits per heavy atom. The number of nitrogens with one attached hydrogen (secondary N) is 3. The first-order valence-corrected chi connectivity index (χ1v) is 22.0. The predicted molar refractivity (Wildman–Crippen MR) is 232 cm³/mol. The van der Waals surface area contributed by atoms with Crippen LogP contribution < -0.4 is 16.0 Å². The number of carbonyl (C=O) groups excluding carboxylic acids is 10. The van der Waals surface area contributed by atoms with Gasteiger partial charge < -0.3 is 40.4 Å². The van der Waals surface area contributed by atoms with Crippen LogP contribution in [-0.2, 0) is 47.9 Å². The molecule has 10 atom stereocenters. The van der Waals surface area contributed by atoms with E-state index in [9.17, 15) is 47.9 Å². The summed E-state index contributed by atoms with van der Waals surface area (Å²) in [5.41, 5.74) is 0. The Kier molecular flexibility index (Phi) is 20.4. The van der Waals surface area contributed by atoms with Gasteiger partial charge in [0, 0.05) is 59.4 Å². The molecule has 0 bridgehead atoms. The summed E-state index contributed by atoms with van der Waals surface area (Å²) in [5.74, 6) is -5.46. The highest BCUT2D eigenvalue weighted by molar-refractivity contribution is 5.98. The zero-order chi connectivity index (χ0) is 47.5. The van der Waals surface area contributed by atoms with E-state index in [1.54, 1.807) is 34.7 Å². The van der Waals surface area contributed by atoms with Crippen molar-refractivity contribution in [1.82, 2.24) is 40.4 Å². The number of carbonyl (C=O) groups is 10. The summed E-state index contributed by atoms with van der Waals surface area (Å²) < 4.78 is 0. The maximum Gasteiger partial charge on any atom is 0.245 e. The second kappa shape index (κ2) is 23.6. The zero-order valence-corrected chi connectivity index (χ0v) is 39.5. The molecule has 0 aliphatic carbocycles. The van der Waals surface area contributed by atoms with Gasteiger partial charge in [0.1, 0.15) is 24.2 Å². The van der Waals surface area contributed by atoms with Crippen molar-refractivity contribution in [3.63, 3.8) is 0 Å². The topological polar surface area (TPSA) is 223 Å². The lowest BCUT2D eigenvalue weighted by atomic mass is 9.96. The number of Topliss-reactive ketones (excluding diaryl/α,β-unsaturated/α-hetero) is 3. The molecule has 2 heterocycles. The first kappa shape index (κ1) is 53.4. The van der Waals surface area contributed by atoms with Gasteiger partial charge >= 0.3 is 0 Å². The number of ketones is 3. The fourth-order valence-corrected chi connectivity index (χ4v) is 7.75. The maximum absolute atomic E-state index is 13.8. The lowest BCUT2D eigenvalue weighted by Gasteiger charge is -2.33. The smallest absolute Gasteiger partial charge is 0.245 e. The van der Waals surface area contributed by atoms with Crippen LogP contribution in [0, 0.1) is 17.8 Å². The van der Waals surface area contributed by atoms with Gasteiger partial charge in [0.05, 0.1) is 24.2 Å². The largest absolute Gasteiger partial charge is 0.345 e. The molecule has 18 nitrogen and oxygen atoms in total. The number of hydrogen-bond donors (Lipinski definition) is 3. The molecule has 0 aromatic carbocycles. The van der Waals surface area contributed by atoms with E-state index in [0.29, 0.717) is 25.7 Å². The lowest BCUT2D eigenvalue weighted by Crippen LogP contribution is -2.57. The molecule has 0 saturated carbocycles. The Bertz CT molecular complexity index is 1680. The number of hydrogen-bond acceptors (Lipinski definition) is 11. The fourth-order valence-electron chi connectivity index (χ4n) is 7.75. The van der Waals surface area contributed by atoms with Gasteiger partial charge in [0.25, 0.3) is 0 Å². The minimum atomic E-state index is -1.06. The lowest BCUT2D eigenvalue weighted by molar-refractivity contribution is -0.149. The van der Waals surface area contributed by atoms with Gasteiger partial charge in [-0.3, -0.25) is 47.9 Å². The molecule has 2 fully saturated rings. The monoisotopic (exact) mass is 875 g/mol. The van der Waals surface area contributed by atoms with Crippen molar-refractivity contribution < 1.29 is 47.9 Å². The second-order valence-electron chi connectivity index (χ2n) is 18.0. The fraction of sp³-hybridized carbons (Fsp3) is 0.773. The molecular formula is C44H74N8O10. The van der Waals surface area contributed by atoms with Crippen molar-refractivity contribution in [2.45, 2.75) is 163 Å². The Balaban J connectivity index is 1.97. The van der Waals surface area contributed by atoms with E-state index in [4.69, 9.17) is 0 Å². The molecule has 3 N–H and O–H groups in total. The van der Waals surface area contributed by atoms with Crippen LogP contribution in [0.3, 0.4) is 0 Å². The van der Waals surface area contributed by atoms with Gasteiger partial charge in [-0.25, -0.2) is 0 Å². The Hall–Kier alpha value is -4.74. The highest BCUT2D eigenvalue weighted by Gasteiger charge is 2.41. The van der Waals surface area contributed by atoms with Gasteiger partial charge in [-0.1, -0.05) is 27.7 Å². The van der Waals surface area contributed by atoms with Crippen molar-refractivity contribution in [2.75, 3.05) is 41.3 Å². The van der Waals surface area contributed by atoms with E-state index in [-0.39, 0.29) is 54.6 Å². The molecule has 0 spiro atoms. The van der Waals surface area contributed by atoms with Crippen LogP contribution in [0.25, 0.3) is 0 Å². The van der Waals surface area contributed by atoms with Gasteiger partial charge in [-0.15, -0.1) is 0 Å². The van der Waals surface area contributed by atoms with E-state index < -0.39 is 89.6 Å². The van der Waals surface area contributed by atoms with E-state index in [1.165, 1.54) is 73.3 Å². The molecule has 0 radical (unpaired) electrons. The molecule has 2 rings (SSSR count). The predicted octanol–water partition coefficient (Wildman–Crippen LogP) is 0.932. The standard InChI is InChI=1S/C44H74N8O10/c1-24(2)21-34(32(10)53)47-39(57)31(9)50(13)42(60)27(5)46-38(56)30(8)51(14)44(62)35-18-16-20-52(35)41(59)26(4)23-37(55)28(6)48(11)40(58)25(3)22-36(54)29(7)49(12)43(61)33-17-15-19-45-33/h24-31,33-35,45H,15-23H2,1-14H3,(H,46,56)(H,47,57)/t25?,26-,27?,28+,29?,30?,31+,33-,34+,35-/m1/s1. The molecule has 18 heteroatoms. The van der Waals surface area contributed by atoms with Crippen molar-refractivity contribution in [2.24, 2.45) is 17.8 Å². The molecule has 2 saturated heterocycles. The molecule has 350 valence electrons. The van der Waals surface area contributed by atoms with Crippen molar-refractivity contribution in [1.29, 1.82) is 0 Å². The average Bonchev–Trinajstić information content (AvgIpc) is 3.96. The third-order valence-electron chi connectivity index (χ3n) is 12.7. The van der Waals surface area contributed by atoms with E-state index >= 15 is 0 Å². The Morgan fingerprint density at radius 2 is 1.11 bits per heavy atom. The molecule has 4 unspecified atom stereocenters. The quantitative estimate of drug-likeness (QED) is 0.139. The van der Waals surface area contributed by atoms with Gasteiger partial charge in [0.15, 0.2) is 17.3 Å². The molecule has 62 heavy (non-hydrogen) atoms. The summed E-state index contributed by atoms with van der Waals surface area (Å²) in [5, 5.41) is 8.46. The normalized spacial score (nSPS) is 20.1. The summed E-state index contributed by atoms with van der Waals surface area (Å²) in [4.78, 5) is 138. The van der Waals surface area contributed by atoms with Gasteiger partial charge in [0.2, 0.25) is 41.4 Å². The first-order chi connectivity index (χ1) is 28.7. The molecule has 0 aromatic heterocycles. The average molecular weight is 875 g/mol.